The lowest BCUT2D eigenvalue weighted by Crippen LogP contribution is -2.04. The quantitative estimate of drug-likeness (QED) is 0.552. The molecular formula is C22H20ClNO3. The molecule has 138 valence electrons. The summed E-state index contributed by atoms with van der Waals surface area (Å²) >= 11 is 6.12. The Morgan fingerprint density at radius 3 is 2.52 bits per heavy atom. The number of esters is 1. The van der Waals surface area contributed by atoms with E-state index in [0.29, 0.717) is 29.5 Å². The van der Waals surface area contributed by atoms with Gasteiger partial charge in [-0.1, -0.05) is 35.9 Å². The largest absolute Gasteiger partial charge is 0.481 e. The van der Waals surface area contributed by atoms with Gasteiger partial charge in [-0.25, -0.2) is 9.78 Å². The van der Waals surface area contributed by atoms with Crippen LogP contribution in [0.5, 0.6) is 5.88 Å². The van der Waals surface area contributed by atoms with Crippen LogP contribution < -0.4 is 4.74 Å². The Morgan fingerprint density at radius 1 is 1.07 bits per heavy atom. The summed E-state index contributed by atoms with van der Waals surface area (Å²) in [4.78, 5) is 16.2. The fraction of sp³-hybridized carbons (Fsp3) is 0.182. The number of methoxy groups -OCH3 is 1. The Kier molecular flexibility index (Phi) is 6.09. The Balaban J connectivity index is 1.85. The zero-order valence-electron chi connectivity index (χ0n) is 15.2. The molecule has 0 unspecified atom stereocenters. The van der Waals surface area contributed by atoms with E-state index in [-0.39, 0.29) is 5.97 Å². The molecule has 0 bridgehead atoms. The van der Waals surface area contributed by atoms with Gasteiger partial charge in [0, 0.05) is 16.8 Å². The number of hydrogen-bond donors (Lipinski definition) is 0. The van der Waals surface area contributed by atoms with Gasteiger partial charge in [0.2, 0.25) is 5.88 Å². The molecule has 27 heavy (non-hydrogen) atoms. The molecule has 0 radical (unpaired) electrons. The number of halogens is 1. The molecule has 0 aliphatic rings. The normalized spacial score (nSPS) is 10.5. The van der Waals surface area contributed by atoms with Crippen LogP contribution in [0.25, 0.3) is 11.1 Å². The molecule has 0 atom stereocenters. The highest BCUT2D eigenvalue weighted by Gasteiger charge is 2.11. The predicted molar refractivity (Wildman–Crippen MR) is 106 cm³/mol. The van der Waals surface area contributed by atoms with Crippen molar-refractivity contribution in [2.24, 2.45) is 0 Å². The molecule has 3 aromatic rings. The number of hydrogen-bond acceptors (Lipinski definition) is 4. The van der Waals surface area contributed by atoms with Crippen LogP contribution >= 0.6 is 11.6 Å². The molecule has 0 saturated carbocycles. The molecule has 4 nitrogen and oxygen atoms in total. The standard InChI is InChI=1S/C22H20ClNO3/c1-3-27-22(25)17-9-7-15(8-10-17)11-16-12-20(21(26-2)24-14-16)18-5-4-6-19(23)13-18/h4-10,12-14H,3,11H2,1-2H3. The molecule has 0 N–H and O–H groups in total. The zero-order valence-corrected chi connectivity index (χ0v) is 16.0. The van der Waals surface area contributed by atoms with Crippen molar-refractivity contribution in [2.75, 3.05) is 13.7 Å². The summed E-state index contributed by atoms with van der Waals surface area (Å²) in [6.45, 7) is 2.16. The van der Waals surface area contributed by atoms with Crippen molar-refractivity contribution in [3.63, 3.8) is 0 Å². The van der Waals surface area contributed by atoms with E-state index in [4.69, 9.17) is 21.1 Å². The number of pyridine rings is 1. The summed E-state index contributed by atoms with van der Waals surface area (Å²) in [6.07, 6.45) is 2.49. The second-order valence-electron chi connectivity index (χ2n) is 6.00. The molecule has 0 fully saturated rings. The van der Waals surface area contributed by atoms with E-state index in [2.05, 4.69) is 11.1 Å². The van der Waals surface area contributed by atoms with Gasteiger partial charge in [0.15, 0.2) is 0 Å². The molecular weight excluding hydrogens is 362 g/mol. The fourth-order valence-corrected chi connectivity index (χ4v) is 3.02. The second-order valence-corrected chi connectivity index (χ2v) is 6.44. The van der Waals surface area contributed by atoms with Crippen molar-refractivity contribution in [2.45, 2.75) is 13.3 Å². The van der Waals surface area contributed by atoms with Gasteiger partial charge in [-0.15, -0.1) is 0 Å². The van der Waals surface area contributed by atoms with Gasteiger partial charge in [-0.2, -0.15) is 0 Å². The van der Waals surface area contributed by atoms with Crippen molar-refractivity contribution in [1.82, 2.24) is 4.98 Å². The van der Waals surface area contributed by atoms with Gasteiger partial charge in [-0.3, -0.25) is 0 Å². The van der Waals surface area contributed by atoms with Gasteiger partial charge >= 0.3 is 5.97 Å². The van der Waals surface area contributed by atoms with Gasteiger partial charge in [0.05, 0.1) is 19.3 Å². The van der Waals surface area contributed by atoms with E-state index in [1.165, 1.54) is 0 Å². The topological polar surface area (TPSA) is 48.4 Å². The number of benzene rings is 2. The van der Waals surface area contributed by atoms with Crippen molar-refractivity contribution in [1.29, 1.82) is 0 Å². The Bertz CT molecular complexity index is 939. The number of nitrogens with zero attached hydrogens (tertiary/aromatic N) is 1. The van der Waals surface area contributed by atoms with Crippen LogP contribution in [0.1, 0.15) is 28.4 Å². The highest BCUT2D eigenvalue weighted by molar-refractivity contribution is 6.30. The number of carbonyl (C=O) groups is 1. The van der Waals surface area contributed by atoms with Gasteiger partial charge in [-0.05, 0) is 60.4 Å². The molecule has 0 aliphatic heterocycles. The third kappa shape index (κ3) is 4.66. The monoisotopic (exact) mass is 381 g/mol. The summed E-state index contributed by atoms with van der Waals surface area (Å²) < 4.78 is 10.4. The Hall–Kier alpha value is -2.85. The van der Waals surface area contributed by atoms with E-state index in [0.717, 1.165) is 22.3 Å². The van der Waals surface area contributed by atoms with Crippen molar-refractivity contribution < 1.29 is 14.3 Å². The number of aromatic nitrogens is 1. The zero-order chi connectivity index (χ0) is 19.2. The minimum Gasteiger partial charge on any atom is -0.481 e. The number of ether oxygens (including phenoxy) is 2. The molecule has 0 spiro atoms. The lowest BCUT2D eigenvalue weighted by Gasteiger charge is -2.11. The van der Waals surface area contributed by atoms with Crippen molar-refractivity contribution in [3.05, 3.63) is 82.5 Å². The van der Waals surface area contributed by atoms with E-state index < -0.39 is 0 Å². The van der Waals surface area contributed by atoms with Crippen LogP contribution in [0, 0.1) is 0 Å². The Morgan fingerprint density at radius 2 is 1.85 bits per heavy atom. The molecule has 0 aliphatic carbocycles. The summed E-state index contributed by atoms with van der Waals surface area (Å²) in [5, 5.41) is 0.662. The molecule has 1 heterocycles. The lowest BCUT2D eigenvalue weighted by atomic mass is 10.0. The molecule has 0 saturated heterocycles. The number of rotatable bonds is 6. The van der Waals surface area contributed by atoms with Gasteiger partial charge in [0.1, 0.15) is 0 Å². The van der Waals surface area contributed by atoms with E-state index >= 15 is 0 Å². The van der Waals surface area contributed by atoms with E-state index in [1.807, 2.05) is 36.4 Å². The first kappa shape index (κ1) is 18.9. The van der Waals surface area contributed by atoms with Crippen LogP contribution in [0.2, 0.25) is 5.02 Å². The third-order valence-corrected chi connectivity index (χ3v) is 4.35. The maximum Gasteiger partial charge on any atom is 0.338 e. The first-order valence-corrected chi connectivity index (χ1v) is 9.03. The lowest BCUT2D eigenvalue weighted by molar-refractivity contribution is 0.0526. The molecule has 1 aromatic heterocycles. The van der Waals surface area contributed by atoms with Gasteiger partial charge < -0.3 is 9.47 Å². The van der Waals surface area contributed by atoms with Crippen molar-refractivity contribution >= 4 is 17.6 Å². The fourth-order valence-electron chi connectivity index (χ4n) is 2.83. The highest BCUT2D eigenvalue weighted by Crippen LogP contribution is 2.31. The number of carbonyl (C=O) groups excluding carboxylic acids is 1. The third-order valence-electron chi connectivity index (χ3n) is 4.11. The predicted octanol–water partition coefficient (Wildman–Crippen LogP) is 5.18. The summed E-state index contributed by atoms with van der Waals surface area (Å²) in [6, 6.07) is 17.1. The van der Waals surface area contributed by atoms with Gasteiger partial charge in [0.25, 0.3) is 0 Å². The molecule has 3 rings (SSSR count). The maximum absolute atomic E-state index is 11.8. The SMILES string of the molecule is CCOC(=O)c1ccc(Cc2cnc(OC)c(-c3cccc(Cl)c3)c2)cc1. The molecule has 5 heteroatoms. The van der Waals surface area contributed by atoms with Crippen LogP contribution in [0.15, 0.2) is 60.8 Å². The maximum atomic E-state index is 11.8. The Labute approximate surface area is 163 Å². The van der Waals surface area contributed by atoms with Crippen LogP contribution in [0.4, 0.5) is 0 Å². The summed E-state index contributed by atoms with van der Waals surface area (Å²) in [7, 11) is 1.60. The van der Waals surface area contributed by atoms with Crippen LogP contribution in [-0.2, 0) is 11.2 Å². The first-order valence-electron chi connectivity index (χ1n) is 8.65. The first-order chi connectivity index (χ1) is 13.1. The van der Waals surface area contributed by atoms with E-state index in [9.17, 15) is 4.79 Å². The average Bonchev–Trinajstić information content (AvgIpc) is 2.68. The van der Waals surface area contributed by atoms with Crippen LogP contribution in [-0.4, -0.2) is 24.7 Å². The van der Waals surface area contributed by atoms with Crippen molar-refractivity contribution in [3.8, 4) is 17.0 Å². The minimum absolute atomic E-state index is 0.307. The highest BCUT2D eigenvalue weighted by atomic mass is 35.5. The summed E-state index contributed by atoms with van der Waals surface area (Å²) in [5.41, 5.74) is 4.50. The smallest absolute Gasteiger partial charge is 0.338 e. The molecule has 2 aromatic carbocycles. The minimum atomic E-state index is -0.307. The average molecular weight is 382 g/mol. The second kappa shape index (κ2) is 8.69. The summed E-state index contributed by atoms with van der Waals surface area (Å²) in [5.74, 6) is 0.247. The molecule has 0 amide bonds. The van der Waals surface area contributed by atoms with Crippen LogP contribution in [0.3, 0.4) is 0 Å². The van der Waals surface area contributed by atoms with E-state index in [1.54, 1.807) is 32.4 Å².